The van der Waals surface area contributed by atoms with Crippen LogP contribution in [0.15, 0.2) is 60.7 Å². The van der Waals surface area contributed by atoms with Crippen molar-refractivity contribution < 1.29 is 28.2 Å². The average Bonchev–Trinajstić information content (AvgIpc) is 3.03. The lowest BCUT2D eigenvalue weighted by Crippen LogP contribution is -2.40. The summed E-state index contributed by atoms with van der Waals surface area (Å²) in [6.45, 7) is 2.75. The van der Waals surface area contributed by atoms with Gasteiger partial charge in [0, 0.05) is 29.9 Å². The fraction of sp³-hybridized carbons (Fsp3) is 0.286. The first kappa shape index (κ1) is 25.0. The van der Waals surface area contributed by atoms with Gasteiger partial charge in [0.2, 0.25) is 0 Å². The molecular formula is C28H29FN2O5. The number of carbonyl (C=O) groups is 2. The normalized spacial score (nSPS) is 14.9. The number of benzene rings is 3. The van der Waals surface area contributed by atoms with Crippen molar-refractivity contribution in [3.8, 4) is 17.2 Å². The lowest BCUT2D eigenvalue weighted by Gasteiger charge is -2.23. The van der Waals surface area contributed by atoms with E-state index in [-0.39, 0.29) is 11.8 Å². The van der Waals surface area contributed by atoms with Crippen LogP contribution in [0.5, 0.6) is 17.2 Å². The quantitative estimate of drug-likeness (QED) is 0.487. The van der Waals surface area contributed by atoms with Gasteiger partial charge in [0.15, 0.2) is 17.6 Å². The molecule has 1 N–H and O–H groups in total. The number of nitrogens with one attached hydrogen (secondary N) is 1. The Morgan fingerprint density at radius 3 is 2.50 bits per heavy atom. The molecule has 1 unspecified atom stereocenters. The lowest BCUT2D eigenvalue weighted by atomic mass is 10.1. The van der Waals surface area contributed by atoms with E-state index in [0.717, 1.165) is 11.1 Å². The van der Waals surface area contributed by atoms with Gasteiger partial charge < -0.3 is 24.4 Å². The third kappa shape index (κ3) is 5.59. The molecule has 0 fully saturated rings. The highest BCUT2D eigenvalue weighted by atomic mass is 19.1. The molecule has 0 saturated carbocycles. The zero-order chi connectivity index (χ0) is 25.7. The molecule has 2 amide bonds. The Morgan fingerprint density at radius 2 is 1.81 bits per heavy atom. The highest BCUT2D eigenvalue weighted by Crippen LogP contribution is 2.31. The van der Waals surface area contributed by atoms with Gasteiger partial charge in [-0.15, -0.1) is 0 Å². The summed E-state index contributed by atoms with van der Waals surface area (Å²) in [4.78, 5) is 27.6. The molecule has 8 heteroatoms. The molecule has 0 aromatic heterocycles. The van der Waals surface area contributed by atoms with Gasteiger partial charge in [-0.25, -0.2) is 4.39 Å². The first-order chi connectivity index (χ1) is 17.4. The van der Waals surface area contributed by atoms with E-state index in [0.29, 0.717) is 54.4 Å². The van der Waals surface area contributed by atoms with E-state index in [1.165, 1.54) is 24.3 Å². The van der Waals surface area contributed by atoms with E-state index >= 15 is 0 Å². The molecule has 0 radical (unpaired) electrons. The number of rotatable bonds is 8. The summed E-state index contributed by atoms with van der Waals surface area (Å²) >= 11 is 0. The Labute approximate surface area is 209 Å². The maximum Gasteiger partial charge on any atom is 0.263 e. The molecule has 0 aliphatic carbocycles. The molecular weight excluding hydrogens is 463 g/mol. The summed E-state index contributed by atoms with van der Waals surface area (Å²) in [5.74, 6) is 1.07. The summed E-state index contributed by atoms with van der Waals surface area (Å²) in [6.07, 6.45) is 0.573. The van der Waals surface area contributed by atoms with Gasteiger partial charge in [-0.3, -0.25) is 9.59 Å². The second-order valence-corrected chi connectivity index (χ2v) is 8.50. The van der Waals surface area contributed by atoms with E-state index < -0.39 is 11.9 Å². The smallest absolute Gasteiger partial charge is 0.263 e. The molecule has 1 aliphatic heterocycles. The average molecular weight is 493 g/mol. The number of carbonyl (C=O) groups excluding carboxylic acids is 2. The van der Waals surface area contributed by atoms with Crippen LogP contribution in [-0.2, 0) is 17.8 Å². The second kappa shape index (κ2) is 11.1. The van der Waals surface area contributed by atoms with Crippen molar-refractivity contribution >= 4 is 17.5 Å². The number of methoxy groups -OCH3 is 2. The van der Waals surface area contributed by atoms with Gasteiger partial charge in [-0.05, 0) is 73.0 Å². The van der Waals surface area contributed by atoms with Crippen molar-refractivity contribution in [3.05, 3.63) is 83.2 Å². The van der Waals surface area contributed by atoms with E-state index in [1.807, 2.05) is 31.2 Å². The Hall–Kier alpha value is -4.07. The van der Waals surface area contributed by atoms with E-state index in [1.54, 1.807) is 31.3 Å². The molecule has 7 nitrogen and oxygen atoms in total. The van der Waals surface area contributed by atoms with Crippen LogP contribution in [0.3, 0.4) is 0 Å². The number of ether oxygens (including phenoxy) is 3. The molecule has 0 bridgehead atoms. The number of amides is 2. The molecule has 3 aromatic carbocycles. The van der Waals surface area contributed by atoms with Gasteiger partial charge in [0.25, 0.3) is 11.8 Å². The summed E-state index contributed by atoms with van der Waals surface area (Å²) < 4.78 is 29.9. The van der Waals surface area contributed by atoms with Crippen molar-refractivity contribution in [2.45, 2.75) is 32.4 Å². The summed E-state index contributed by atoms with van der Waals surface area (Å²) in [6, 6.07) is 16.4. The number of anilines is 1. The third-order valence-electron chi connectivity index (χ3n) is 6.13. The van der Waals surface area contributed by atoms with E-state index in [2.05, 4.69) is 5.32 Å². The minimum atomic E-state index is -0.587. The SMILES string of the molecule is CCC1Oc2ccc(NC(=O)c3ccc(F)cc3)cc2CN(CCc2ccc(OC)c(OC)c2)C1=O. The molecule has 1 atom stereocenters. The highest BCUT2D eigenvalue weighted by molar-refractivity contribution is 6.04. The monoisotopic (exact) mass is 492 g/mol. The maximum absolute atomic E-state index is 13.2. The highest BCUT2D eigenvalue weighted by Gasteiger charge is 2.30. The minimum absolute atomic E-state index is 0.0777. The Bertz CT molecular complexity index is 1250. The van der Waals surface area contributed by atoms with E-state index in [9.17, 15) is 14.0 Å². The fourth-order valence-corrected chi connectivity index (χ4v) is 4.14. The zero-order valence-corrected chi connectivity index (χ0v) is 20.5. The van der Waals surface area contributed by atoms with Gasteiger partial charge in [0.05, 0.1) is 14.2 Å². The van der Waals surface area contributed by atoms with Crippen LogP contribution in [0, 0.1) is 5.82 Å². The largest absolute Gasteiger partial charge is 0.493 e. The Balaban J connectivity index is 1.52. The van der Waals surface area contributed by atoms with Gasteiger partial charge in [-0.1, -0.05) is 13.0 Å². The predicted octanol–water partition coefficient (Wildman–Crippen LogP) is 4.84. The number of nitrogens with zero attached hydrogens (tertiary/aromatic N) is 1. The van der Waals surface area contributed by atoms with Gasteiger partial charge >= 0.3 is 0 Å². The third-order valence-corrected chi connectivity index (χ3v) is 6.13. The first-order valence-electron chi connectivity index (χ1n) is 11.8. The van der Waals surface area contributed by atoms with Crippen LogP contribution >= 0.6 is 0 Å². The predicted molar refractivity (Wildman–Crippen MR) is 134 cm³/mol. The molecule has 0 saturated heterocycles. The van der Waals surface area contributed by atoms with Crippen LogP contribution in [0.1, 0.15) is 34.8 Å². The summed E-state index contributed by atoms with van der Waals surface area (Å²) in [5, 5.41) is 2.83. The molecule has 4 rings (SSSR count). The molecule has 1 heterocycles. The van der Waals surface area contributed by atoms with Crippen LogP contribution in [0.2, 0.25) is 0 Å². The minimum Gasteiger partial charge on any atom is -0.493 e. The van der Waals surface area contributed by atoms with Crippen molar-refractivity contribution in [2.24, 2.45) is 0 Å². The molecule has 1 aliphatic rings. The standard InChI is InChI=1S/C28H29FN2O5/c1-4-23-28(33)31(14-13-18-5-11-25(34-2)26(15-18)35-3)17-20-16-22(10-12-24(20)36-23)30-27(32)19-6-8-21(29)9-7-19/h5-12,15-16,23H,4,13-14,17H2,1-3H3,(H,30,32). The van der Waals surface area contributed by atoms with Crippen LogP contribution in [0.25, 0.3) is 0 Å². The van der Waals surface area contributed by atoms with Crippen molar-refractivity contribution in [3.63, 3.8) is 0 Å². The van der Waals surface area contributed by atoms with Crippen molar-refractivity contribution in [2.75, 3.05) is 26.1 Å². The van der Waals surface area contributed by atoms with Crippen LogP contribution in [0.4, 0.5) is 10.1 Å². The Kier molecular flexibility index (Phi) is 7.73. The summed E-state index contributed by atoms with van der Waals surface area (Å²) in [7, 11) is 3.18. The Morgan fingerprint density at radius 1 is 1.06 bits per heavy atom. The molecule has 0 spiro atoms. The molecule has 3 aromatic rings. The summed E-state index contributed by atoms with van der Waals surface area (Å²) in [5.41, 5.74) is 2.72. The maximum atomic E-state index is 13.2. The second-order valence-electron chi connectivity index (χ2n) is 8.50. The zero-order valence-electron chi connectivity index (χ0n) is 20.5. The number of fused-ring (bicyclic) bond motifs is 1. The van der Waals surface area contributed by atoms with E-state index in [4.69, 9.17) is 14.2 Å². The molecule has 36 heavy (non-hydrogen) atoms. The number of hydrogen-bond donors (Lipinski definition) is 1. The van der Waals surface area contributed by atoms with Crippen LogP contribution < -0.4 is 19.5 Å². The number of hydrogen-bond acceptors (Lipinski definition) is 5. The first-order valence-corrected chi connectivity index (χ1v) is 11.8. The van der Waals surface area contributed by atoms with Crippen molar-refractivity contribution in [1.82, 2.24) is 4.90 Å². The van der Waals surface area contributed by atoms with Gasteiger partial charge in [0.1, 0.15) is 11.6 Å². The number of halogens is 1. The topological polar surface area (TPSA) is 77.1 Å². The fourth-order valence-electron chi connectivity index (χ4n) is 4.14. The van der Waals surface area contributed by atoms with Gasteiger partial charge in [-0.2, -0.15) is 0 Å². The molecule has 188 valence electrons. The lowest BCUT2D eigenvalue weighted by molar-refractivity contribution is -0.138. The van der Waals surface area contributed by atoms with Crippen molar-refractivity contribution in [1.29, 1.82) is 0 Å². The van der Waals surface area contributed by atoms with Crippen LogP contribution in [-0.4, -0.2) is 43.6 Å².